The second-order valence-corrected chi connectivity index (χ2v) is 4.73. The van der Waals surface area contributed by atoms with Crippen molar-refractivity contribution in [2.24, 2.45) is 0 Å². The summed E-state index contributed by atoms with van der Waals surface area (Å²) in [7, 11) is 0. The summed E-state index contributed by atoms with van der Waals surface area (Å²) in [5, 5.41) is 13.3. The molecule has 19 heavy (non-hydrogen) atoms. The third-order valence-electron chi connectivity index (χ3n) is 2.61. The molecule has 0 spiro atoms. The lowest BCUT2D eigenvalue weighted by Gasteiger charge is -2.17. The molecule has 4 N–H and O–H groups in total. The first-order valence-corrected chi connectivity index (χ1v) is 7.06. The Kier molecular flexibility index (Phi) is 4.59. The fourth-order valence-electron chi connectivity index (χ4n) is 1.71. The van der Waals surface area contributed by atoms with Gasteiger partial charge in [0.15, 0.2) is 5.16 Å². The van der Waals surface area contributed by atoms with Gasteiger partial charge >= 0.3 is 0 Å². The van der Waals surface area contributed by atoms with Gasteiger partial charge in [-0.2, -0.15) is 0 Å². The summed E-state index contributed by atoms with van der Waals surface area (Å²) in [6.07, 6.45) is 1.89. The average Bonchev–Trinajstić information content (AvgIpc) is 2.45. The van der Waals surface area contributed by atoms with Gasteiger partial charge in [0, 0.05) is 6.07 Å². The molecule has 1 aromatic carbocycles. The van der Waals surface area contributed by atoms with Gasteiger partial charge in [0.05, 0.1) is 12.6 Å². The SMILES string of the molecule is CSc1nc(N)cc(NC(CO)c2ccccc2)n1. The lowest BCUT2D eigenvalue weighted by Crippen LogP contribution is -2.16. The average molecular weight is 276 g/mol. The molecular formula is C13H16N4OS. The van der Waals surface area contributed by atoms with Crippen molar-refractivity contribution in [3.8, 4) is 0 Å². The zero-order valence-electron chi connectivity index (χ0n) is 10.6. The molecule has 2 rings (SSSR count). The first kappa shape index (κ1) is 13.6. The smallest absolute Gasteiger partial charge is 0.191 e. The number of hydrogen-bond acceptors (Lipinski definition) is 6. The van der Waals surface area contributed by atoms with Gasteiger partial charge in [-0.1, -0.05) is 42.1 Å². The fourth-order valence-corrected chi connectivity index (χ4v) is 2.09. The maximum Gasteiger partial charge on any atom is 0.191 e. The molecule has 6 heteroatoms. The van der Waals surface area contributed by atoms with E-state index in [2.05, 4.69) is 15.3 Å². The lowest BCUT2D eigenvalue weighted by molar-refractivity contribution is 0.276. The Labute approximate surface area is 116 Å². The van der Waals surface area contributed by atoms with Crippen LogP contribution in [0.5, 0.6) is 0 Å². The normalized spacial score (nSPS) is 12.1. The minimum atomic E-state index is -0.217. The van der Waals surface area contributed by atoms with Crippen molar-refractivity contribution in [3.63, 3.8) is 0 Å². The van der Waals surface area contributed by atoms with E-state index in [9.17, 15) is 5.11 Å². The van der Waals surface area contributed by atoms with Crippen LogP contribution in [0.15, 0.2) is 41.6 Å². The highest BCUT2D eigenvalue weighted by molar-refractivity contribution is 7.98. The van der Waals surface area contributed by atoms with Crippen molar-refractivity contribution in [3.05, 3.63) is 42.0 Å². The Hall–Kier alpha value is -1.79. The minimum absolute atomic E-state index is 0.0253. The molecule has 0 saturated carbocycles. The third-order valence-corrected chi connectivity index (χ3v) is 3.16. The van der Waals surface area contributed by atoms with Gasteiger partial charge in [0.2, 0.25) is 0 Å². The number of nitrogens with two attached hydrogens (primary N) is 1. The first-order valence-electron chi connectivity index (χ1n) is 5.84. The molecule has 1 unspecified atom stereocenters. The Bertz CT molecular complexity index is 535. The first-order chi connectivity index (χ1) is 9.22. The Morgan fingerprint density at radius 1 is 1.32 bits per heavy atom. The van der Waals surface area contributed by atoms with Crippen molar-refractivity contribution in [2.45, 2.75) is 11.2 Å². The number of aliphatic hydroxyl groups is 1. The zero-order chi connectivity index (χ0) is 13.7. The Morgan fingerprint density at radius 3 is 2.68 bits per heavy atom. The minimum Gasteiger partial charge on any atom is -0.394 e. The molecule has 0 bridgehead atoms. The van der Waals surface area contributed by atoms with Crippen LogP contribution in [0, 0.1) is 0 Å². The summed E-state index contributed by atoms with van der Waals surface area (Å²) in [4.78, 5) is 8.40. The summed E-state index contributed by atoms with van der Waals surface area (Å²) in [5.74, 6) is 1.02. The van der Waals surface area contributed by atoms with Crippen LogP contribution in [0.4, 0.5) is 11.6 Å². The highest BCUT2D eigenvalue weighted by atomic mass is 32.2. The van der Waals surface area contributed by atoms with Crippen LogP contribution in [0.25, 0.3) is 0 Å². The van der Waals surface area contributed by atoms with Crippen LogP contribution >= 0.6 is 11.8 Å². The number of thioether (sulfide) groups is 1. The topological polar surface area (TPSA) is 84.1 Å². The van der Waals surface area contributed by atoms with E-state index in [4.69, 9.17) is 5.73 Å². The summed E-state index contributed by atoms with van der Waals surface area (Å²) in [6, 6.07) is 11.1. The number of aromatic nitrogens is 2. The van der Waals surface area contributed by atoms with Crippen LogP contribution in [-0.4, -0.2) is 27.9 Å². The van der Waals surface area contributed by atoms with E-state index >= 15 is 0 Å². The number of hydrogen-bond donors (Lipinski definition) is 3. The number of rotatable bonds is 5. The molecule has 5 nitrogen and oxygen atoms in total. The van der Waals surface area contributed by atoms with Crippen molar-refractivity contribution in [2.75, 3.05) is 23.9 Å². The summed E-state index contributed by atoms with van der Waals surface area (Å²) in [6.45, 7) is -0.0253. The quantitative estimate of drug-likeness (QED) is 0.571. The number of nitrogens with zero attached hydrogens (tertiary/aromatic N) is 2. The monoisotopic (exact) mass is 276 g/mol. The molecule has 1 heterocycles. The van der Waals surface area contributed by atoms with Crippen LogP contribution in [-0.2, 0) is 0 Å². The van der Waals surface area contributed by atoms with Gasteiger partial charge in [-0.05, 0) is 11.8 Å². The van der Waals surface area contributed by atoms with Gasteiger partial charge in [0.1, 0.15) is 11.6 Å². The highest BCUT2D eigenvalue weighted by Gasteiger charge is 2.11. The standard InChI is InChI=1S/C13H16N4OS/c1-19-13-16-11(14)7-12(17-13)15-10(8-18)9-5-3-2-4-6-9/h2-7,10,18H,8H2,1H3,(H3,14,15,16,17). The van der Waals surface area contributed by atoms with Crippen molar-refractivity contribution in [1.82, 2.24) is 9.97 Å². The summed E-state index contributed by atoms with van der Waals surface area (Å²) in [5.41, 5.74) is 6.72. The van der Waals surface area contributed by atoms with E-state index in [0.29, 0.717) is 16.8 Å². The third kappa shape index (κ3) is 3.59. The van der Waals surface area contributed by atoms with Crippen molar-refractivity contribution >= 4 is 23.4 Å². The largest absolute Gasteiger partial charge is 0.394 e. The van der Waals surface area contributed by atoms with Crippen LogP contribution < -0.4 is 11.1 Å². The van der Waals surface area contributed by atoms with Gasteiger partial charge in [-0.3, -0.25) is 0 Å². The number of aliphatic hydroxyl groups excluding tert-OH is 1. The van der Waals surface area contributed by atoms with Crippen molar-refractivity contribution in [1.29, 1.82) is 0 Å². The fraction of sp³-hybridized carbons (Fsp3) is 0.231. The molecule has 0 fully saturated rings. The van der Waals surface area contributed by atoms with Gasteiger partial charge in [-0.15, -0.1) is 0 Å². The number of nitrogen functional groups attached to an aromatic ring is 1. The number of benzene rings is 1. The molecule has 100 valence electrons. The molecule has 0 aliphatic rings. The molecule has 0 aliphatic heterocycles. The molecule has 2 aromatic rings. The molecule has 0 saturated heterocycles. The Balaban J connectivity index is 2.21. The van der Waals surface area contributed by atoms with Crippen LogP contribution in [0.1, 0.15) is 11.6 Å². The maximum atomic E-state index is 9.49. The predicted octanol–water partition coefficient (Wildman–Crippen LogP) is 1.93. The Morgan fingerprint density at radius 2 is 2.05 bits per heavy atom. The van der Waals surface area contributed by atoms with E-state index in [1.807, 2.05) is 36.6 Å². The van der Waals surface area contributed by atoms with E-state index in [1.165, 1.54) is 11.8 Å². The van der Waals surface area contributed by atoms with E-state index in [0.717, 1.165) is 5.56 Å². The van der Waals surface area contributed by atoms with E-state index in [1.54, 1.807) is 6.07 Å². The predicted molar refractivity (Wildman–Crippen MR) is 78.1 cm³/mol. The molecule has 1 atom stereocenters. The summed E-state index contributed by atoms with van der Waals surface area (Å²) < 4.78 is 0. The van der Waals surface area contributed by atoms with E-state index in [-0.39, 0.29) is 12.6 Å². The molecule has 0 amide bonds. The number of anilines is 2. The van der Waals surface area contributed by atoms with Crippen molar-refractivity contribution < 1.29 is 5.11 Å². The van der Waals surface area contributed by atoms with Gasteiger partial charge in [-0.25, -0.2) is 9.97 Å². The van der Waals surface area contributed by atoms with Gasteiger partial charge in [0.25, 0.3) is 0 Å². The number of nitrogens with one attached hydrogen (secondary N) is 1. The van der Waals surface area contributed by atoms with Crippen LogP contribution in [0.2, 0.25) is 0 Å². The maximum absolute atomic E-state index is 9.49. The second kappa shape index (κ2) is 6.40. The zero-order valence-corrected chi connectivity index (χ0v) is 11.4. The lowest BCUT2D eigenvalue weighted by atomic mass is 10.1. The molecule has 1 aromatic heterocycles. The molecular weight excluding hydrogens is 260 g/mol. The summed E-state index contributed by atoms with van der Waals surface area (Å²) >= 11 is 1.42. The highest BCUT2D eigenvalue weighted by Crippen LogP contribution is 2.21. The van der Waals surface area contributed by atoms with Gasteiger partial charge < -0.3 is 16.2 Å². The van der Waals surface area contributed by atoms with Crippen LogP contribution in [0.3, 0.4) is 0 Å². The molecule has 0 radical (unpaired) electrons. The second-order valence-electron chi connectivity index (χ2n) is 3.95. The molecule has 0 aliphatic carbocycles. The van der Waals surface area contributed by atoms with E-state index < -0.39 is 0 Å².